The molecule has 0 bridgehead atoms. The van der Waals surface area contributed by atoms with E-state index in [1.807, 2.05) is 73.8 Å². The van der Waals surface area contributed by atoms with Gasteiger partial charge in [-0.05, 0) is 61.2 Å². The Labute approximate surface area is 280 Å². The van der Waals surface area contributed by atoms with Crippen molar-refractivity contribution in [1.29, 1.82) is 0 Å². The molecule has 0 aliphatic carbocycles. The highest BCUT2D eigenvalue weighted by atomic mass is 35.5. The molecule has 1 aliphatic heterocycles. The van der Waals surface area contributed by atoms with Gasteiger partial charge >= 0.3 is 11.9 Å². The van der Waals surface area contributed by atoms with Crippen LogP contribution in [-0.2, 0) is 19.9 Å². The van der Waals surface area contributed by atoms with E-state index in [-0.39, 0.29) is 36.1 Å². The van der Waals surface area contributed by atoms with Crippen LogP contribution >= 0.6 is 23.2 Å². The first-order chi connectivity index (χ1) is 21.9. The lowest BCUT2D eigenvalue weighted by Gasteiger charge is -2.43. The summed E-state index contributed by atoms with van der Waals surface area (Å²) in [5.41, 5.74) is 2.56. The topological polar surface area (TPSA) is 127 Å². The maximum atomic E-state index is 13.1. The molecular weight excluding hydrogens is 629 g/mol. The Kier molecular flexibility index (Phi) is 14.1. The highest BCUT2D eigenvalue weighted by Crippen LogP contribution is 2.34. The van der Waals surface area contributed by atoms with Gasteiger partial charge in [-0.25, -0.2) is 0 Å². The standard InChI is InChI=1S/C31H35Cl2N3O2.C4H6O4/c1-23(37)34-31(27-11-7-4-8-12-27)16-19-36(20-17-31)18-15-26(25-13-14-28(32)29(33)21-25)22-35(2)30(38)24-9-5-3-6-10-24;5-3(6)1-2-4(7)8/h3-14,21,26H,15-20,22H2,1-2H3,(H,34,37);1-2H2,(H,5,6)(H,7,8). The van der Waals surface area contributed by atoms with Gasteiger partial charge < -0.3 is 25.3 Å². The Bertz CT molecular complexity index is 1450. The third kappa shape index (κ3) is 11.2. The van der Waals surface area contributed by atoms with Gasteiger partial charge in [0.05, 0.1) is 28.4 Å². The largest absolute Gasteiger partial charge is 0.481 e. The molecule has 0 spiro atoms. The van der Waals surface area contributed by atoms with Gasteiger partial charge in [0.1, 0.15) is 0 Å². The zero-order valence-corrected chi connectivity index (χ0v) is 27.6. The van der Waals surface area contributed by atoms with Crippen LogP contribution in [0.3, 0.4) is 0 Å². The normalized spacial score (nSPS) is 14.7. The average molecular weight is 671 g/mol. The maximum absolute atomic E-state index is 13.1. The second-order valence-electron chi connectivity index (χ2n) is 11.5. The van der Waals surface area contributed by atoms with E-state index in [4.69, 9.17) is 33.4 Å². The van der Waals surface area contributed by atoms with E-state index in [9.17, 15) is 19.2 Å². The molecule has 1 saturated heterocycles. The Morgan fingerprint density at radius 1 is 0.870 bits per heavy atom. The second-order valence-corrected chi connectivity index (χ2v) is 12.3. The lowest BCUT2D eigenvalue weighted by Crippen LogP contribution is -2.52. The fourth-order valence-electron chi connectivity index (χ4n) is 5.63. The minimum atomic E-state index is -1.08. The molecule has 246 valence electrons. The van der Waals surface area contributed by atoms with Crippen LogP contribution in [0, 0.1) is 0 Å². The first-order valence-corrected chi connectivity index (χ1v) is 15.9. The van der Waals surface area contributed by atoms with Gasteiger partial charge in [-0.1, -0.05) is 77.8 Å². The second kappa shape index (κ2) is 17.7. The van der Waals surface area contributed by atoms with Gasteiger partial charge in [-0.2, -0.15) is 0 Å². The van der Waals surface area contributed by atoms with Crippen molar-refractivity contribution in [3.8, 4) is 0 Å². The van der Waals surface area contributed by atoms with Crippen molar-refractivity contribution in [2.24, 2.45) is 0 Å². The zero-order valence-electron chi connectivity index (χ0n) is 26.1. The van der Waals surface area contributed by atoms with Crippen LogP contribution in [0.1, 0.15) is 66.4 Å². The lowest BCUT2D eigenvalue weighted by molar-refractivity contribution is -0.143. The van der Waals surface area contributed by atoms with Crippen LogP contribution < -0.4 is 5.32 Å². The molecule has 0 radical (unpaired) electrons. The summed E-state index contributed by atoms with van der Waals surface area (Å²) in [5.74, 6) is -2.07. The summed E-state index contributed by atoms with van der Waals surface area (Å²) >= 11 is 12.6. The lowest BCUT2D eigenvalue weighted by atomic mass is 9.80. The summed E-state index contributed by atoms with van der Waals surface area (Å²) in [6.07, 6.45) is 1.97. The fourth-order valence-corrected chi connectivity index (χ4v) is 5.94. The summed E-state index contributed by atoms with van der Waals surface area (Å²) in [4.78, 5) is 48.7. The van der Waals surface area contributed by atoms with E-state index in [0.717, 1.165) is 50.0 Å². The highest BCUT2D eigenvalue weighted by molar-refractivity contribution is 6.42. The van der Waals surface area contributed by atoms with Gasteiger partial charge in [0.2, 0.25) is 5.91 Å². The molecule has 1 atom stereocenters. The van der Waals surface area contributed by atoms with E-state index < -0.39 is 11.9 Å². The highest BCUT2D eigenvalue weighted by Gasteiger charge is 2.37. The molecule has 3 aromatic carbocycles. The quantitative estimate of drug-likeness (QED) is 0.206. The number of benzene rings is 3. The van der Waals surface area contributed by atoms with Gasteiger partial charge in [0, 0.05) is 45.1 Å². The first-order valence-electron chi connectivity index (χ1n) is 15.2. The number of halogens is 2. The third-order valence-electron chi connectivity index (χ3n) is 8.07. The minimum absolute atomic E-state index is 0.00316. The molecule has 1 heterocycles. The smallest absolute Gasteiger partial charge is 0.303 e. The average Bonchev–Trinajstić information content (AvgIpc) is 3.04. The van der Waals surface area contributed by atoms with E-state index in [2.05, 4.69) is 22.3 Å². The van der Waals surface area contributed by atoms with Crippen molar-refractivity contribution in [1.82, 2.24) is 15.1 Å². The number of carboxylic acids is 2. The van der Waals surface area contributed by atoms with Crippen molar-refractivity contribution < 1.29 is 29.4 Å². The van der Waals surface area contributed by atoms with Gasteiger partial charge in [0.15, 0.2) is 0 Å². The summed E-state index contributed by atoms with van der Waals surface area (Å²) in [6, 6.07) is 25.4. The number of carbonyl (C=O) groups excluding carboxylic acids is 2. The first kappa shape index (κ1) is 36.5. The molecule has 9 nitrogen and oxygen atoms in total. The summed E-state index contributed by atoms with van der Waals surface area (Å²) < 4.78 is 0. The van der Waals surface area contributed by atoms with E-state index in [1.165, 1.54) is 0 Å². The maximum Gasteiger partial charge on any atom is 0.303 e. The summed E-state index contributed by atoms with van der Waals surface area (Å²) in [6.45, 7) is 4.79. The number of likely N-dealkylation sites (N-methyl/N-ethyl adjacent to an activating group) is 1. The predicted molar refractivity (Wildman–Crippen MR) is 179 cm³/mol. The molecule has 1 fully saturated rings. The zero-order chi connectivity index (χ0) is 33.7. The van der Waals surface area contributed by atoms with Crippen LogP contribution in [0.4, 0.5) is 0 Å². The number of amides is 2. The molecule has 4 rings (SSSR count). The number of hydrogen-bond acceptors (Lipinski definition) is 5. The number of nitrogens with zero attached hydrogens (tertiary/aromatic N) is 2. The number of carboxylic acid groups (broad SMARTS) is 2. The molecule has 11 heteroatoms. The van der Waals surface area contributed by atoms with Gasteiger partial charge in [-0.15, -0.1) is 0 Å². The molecular formula is C35H41Cl2N3O6. The summed E-state index contributed by atoms with van der Waals surface area (Å²) in [7, 11) is 1.85. The van der Waals surface area contributed by atoms with E-state index in [1.54, 1.807) is 11.8 Å². The number of aliphatic carboxylic acids is 2. The van der Waals surface area contributed by atoms with Gasteiger partial charge in [0.25, 0.3) is 5.91 Å². The van der Waals surface area contributed by atoms with Crippen molar-refractivity contribution in [2.45, 2.75) is 50.5 Å². The number of likely N-dealkylation sites (tertiary alicyclic amines) is 1. The Morgan fingerprint density at radius 3 is 1.96 bits per heavy atom. The van der Waals surface area contributed by atoms with E-state index in [0.29, 0.717) is 22.2 Å². The molecule has 0 saturated carbocycles. The number of carbonyl (C=O) groups is 4. The van der Waals surface area contributed by atoms with Crippen LogP contribution in [0.25, 0.3) is 0 Å². The minimum Gasteiger partial charge on any atom is -0.481 e. The van der Waals surface area contributed by atoms with Crippen molar-refractivity contribution in [3.05, 3.63) is 106 Å². The molecule has 0 aromatic heterocycles. The number of piperidine rings is 1. The van der Waals surface area contributed by atoms with Gasteiger partial charge in [-0.3, -0.25) is 19.2 Å². The van der Waals surface area contributed by atoms with Crippen molar-refractivity contribution in [2.75, 3.05) is 33.2 Å². The summed E-state index contributed by atoms with van der Waals surface area (Å²) in [5, 5.41) is 20.1. The van der Waals surface area contributed by atoms with E-state index >= 15 is 0 Å². The molecule has 2 amide bonds. The fraction of sp³-hybridized carbons (Fsp3) is 0.371. The molecule has 1 unspecified atom stereocenters. The molecule has 46 heavy (non-hydrogen) atoms. The van der Waals surface area contributed by atoms with Crippen molar-refractivity contribution >= 4 is 47.0 Å². The predicted octanol–water partition coefficient (Wildman–Crippen LogP) is 6.30. The Morgan fingerprint density at radius 2 is 1.43 bits per heavy atom. The van der Waals surface area contributed by atoms with Crippen molar-refractivity contribution in [3.63, 3.8) is 0 Å². The van der Waals surface area contributed by atoms with Crippen LogP contribution in [-0.4, -0.2) is 77.0 Å². The number of rotatable bonds is 12. The molecule has 1 aliphatic rings. The molecule has 3 aromatic rings. The Hall–Kier alpha value is -3.92. The Balaban J connectivity index is 0.000000637. The van der Waals surface area contributed by atoms with Crippen LogP contribution in [0.2, 0.25) is 10.0 Å². The van der Waals surface area contributed by atoms with Crippen LogP contribution in [0.5, 0.6) is 0 Å². The third-order valence-corrected chi connectivity index (χ3v) is 8.81. The SMILES string of the molecule is CC(=O)NC1(c2ccccc2)CCN(CCC(CN(C)C(=O)c2ccccc2)c2ccc(Cl)c(Cl)c2)CC1.O=C(O)CCC(=O)O. The molecule has 3 N–H and O–H groups in total. The number of nitrogens with one attached hydrogen (secondary N) is 1. The number of hydrogen-bond donors (Lipinski definition) is 3. The van der Waals surface area contributed by atoms with Crippen LogP contribution in [0.15, 0.2) is 78.9 Å². The monoisotopic (exact) mass is 669 g/mol.